The number of rotatable bonds is 9. The predicted octanol–water partition coefficient (Wildman–Crippen LogP) is 1.16. The number of carbonyl (C=O) groups is 2. The minimum absolute atomic E-state index is 0. The van der Waals surface area contributed by atoms with Crippen LogP contribution in [0.2, 0.25) is 0 Å². The number of likely N-dealkylation sites (N-methyl/N-ethyl adjacent to an activating group) is 1. The van der Waals surface area contributed by atoms with Crippen molar-refractivity contribution in [2.24, 2.45) is 0 Å². The van der Waals surface area contributed by atoms with Gasteiger partial charge < -0.3 is 24.6 Å². The standard InChI is InChI=1S/C16H24N2O6.ClH/c1-10(16(20)21)18(2)9-14(19)17-8-11-6-12(22-3)15(24-5)13(7-11)23-4;/h6-7,10H,8-9H2,1-5H3,(H,17,19)(H,20,21);1H. The molecule has 0 aliphatic heterocycles. The Bertz CT molecular complexity index is 571. The van der Waals surface area contributed by atoms with Crippen LogP contribution in [0.15, 0.2) is 12.1 Å². The lowest BCUT2D eigenvalue weighted by atomic mass is 10.1. The van der Waals surface area contributed by atoms with E-state index in [1.54, 1.807) is 19.2 Å². The van der Waals surface area contributed by atoms with E-state index in [-0.39, 0.29) is 31.4 Å². The van der Waals surface area contributed by atoms with Gasteiger partial charge in [0.1, 0.15) is 6.04 Å². The minimum atomic E-state index is -0.977. The van der Waals surface area contributed by atoms with Gasteiger partial charge in [0.15, 0.2) is 11.5 Å². The second-order valence-corrected chi connectivity index (χ2v) is 5.24. The van der Waals surface area contributed by atoms with E-state index in [0.29, 0.717) is 17.2 Å². The van der Waals surface area contributed by atoms with Gasteiger partial charge in [-0.3, -0.25) is 14.5 Å². The Morgan fingerprint density at radius 1 is 1.16 bits per heavy atom. The van der Waals surface area contributed by atoms with E-state index in [4.69, 9.17) is 19.3 Å². The van der Waals surface area contributed by atoms with Crippen molar-refractivity contribution in [2.75, 3.05) is 34.9 Å². The number of hydrogen-bond acceptors (Lipinski definition) is 6. The Morgan fingerprint density at radius 2 is 1.68 bits per heavy atom. The molecule has 1 rings (SSSR count). The zero-order valence-corrected chi connectivity index (χ0v) is 15.8. The van der Waals surface area contributed by atoms with Crippen molar-refractivity contribution >= 4 is 24.3 Å². The third kappa shape index (κ3) is 6.32. The summed E-state index contributed by atoms with van der Waals surface area (Å²) in [6.07, 6.45) is 0. The van der Waals surface area contributed by atoms with Crippen LogP contribution in [0, 0.1) is 0 Å². The Morgan fingerprint density at radius 3 is 2.08 bits per heavy atom. The van der Waals surface area contributed by atoms with Gasteiger partial charge >= 0.3 is 5.97 Å². The van der Waals surface area contributed by atoms with Crippen molar-refractivity contribution < 1.29 is 28.9 Å². The maximum absolute atomic E-state index is 12.0. The molecule has 1 aromatic carbocycles. The average molecular weight is 377 g/mol. The summed E-state index contributed by atoms with van der Waals surface area (Å²) in [7, 11) is 6.13. The van der Waals surface area contributed by atoms with Crippen LogP contribution in [0.3, 0.4) is 0 Å². The lowest BCUT2D eigenvalue weighted by Gasteiger charge is -2.20. The number of nitrogens with zero attached hydrogens (tertiary/aromatic N) is 1. The number of carboxylic acid groups (broad SMARTS) is 1. The number of hydrogen-bond donors (Lipinski definition) is 2. The first-order valence-corrected chi connectivity index (χ1v) is 7.32. The monoisotopic (exact) mass is 376 g/mol. The van der Waals surface area contributed by atoms with Crippen molar-refractivity contribution in [2.45, 2.75) is 19.5 Å². The van der Waals surface area contributed by atoms with E-state index in [9.17, 15) is 9.59 Å². The molecule has 142 valence electrons. The van der Waals surface area contributed by atoms with Crippen LogP contribution >= 0.6 is 12.4 Å². The van der Waals surface area contributed by atoms with E-state index in [1.165, 1.54) is 33.2 Å². The summed E-state index contributed by atoms with van der Waals surface area (Å²) in [5.41, 5.74) is 0.770. The molecule has 8 nitrogen and oxygen atoms in total. The van der Waals surface area contributed by atoms with Gasteiger partial charge in [-0.1, -0.05) is 0 Å². The van der Waals surface area contributed by atoms with Crippen molar-refractivity contribution in [3.63, 3.8) is 0 Å². The Hall–Kier alpha value is -2.19. The molecular weight excluding hydrogens is 352 g/mol. The molecule has 0 spiro atoms. The fourth-order valence-electron chi connectivity index (χ4n) is 2.05. The SMILES string of the molecule is COc1cc(CNC(=O)CN(C)C(C)C(=O)O)cc(OC)c1OC.Cl. The van der Waals surface area contributed by atoms with Gasteiger partial charge in [-0.05, 0) is 31.7 Å². The van der Waals surface area contributed by atoms with E-state index in [1.807, 2.05) is 0 Å². The van der Waals surface area contributed by atoms with E-state index >= 15 is 0 Å². The summed E-state index contributed by atoms with van der Waals surface area (Å²) in [5, 5.41) is 11.7. The number of nitrogens with one attached hydrogen (secondary N) is 1. The van der Waals surface area contributed by atoms with Gasteiger partial charge in [-0.25, -0.2) is 0 Å². The highest BCUT2D eigenvalue weighted by atomic mass is 35.5. The summed E-state index contributed by atoms with van der Waals surface area (Å²) >= 11 is 0. The molecule has 1 atom stereocenters. The Kier molecular flexibility index (Phi) is 9.70. The average Bonchev–Trinajstić information content (AvgIpc) is 2.57. The first-order valence-electron chi connectivity index (χ1n) is 7.32. The third-order valence-electron chi connectivity index (χ3n) is 3.63. The van der Waals surface area contributed by atoms with Gasteiger partial charge in [0.25, 0.3) is 0 Å². The summed E-state index contributed by atoms with van der Waals surface area (Å²) in [4.78, 5) is 24.3. The molecule has 1 unspecified atom stereocenters. The van der Waals surface area contributed by atoms with Crippen LogP contribution in [0.4, 0.5) is 0 Å². The number of carbonyl (C=O) groups excluding carboxylic acids is 1. The smallest absolute Gasteiger partial charge is 0.320 e. The molecule has 1 amide bonds. The third-order valence-corrected chi connectivity index (χ3v) is 3.63. The molecule has 0 radical (unpaired) electrons. The number of benzene rings is 1. The fourth-order valence-corrected chi connectivity index (χ4v) is 2.05. The van der Waals surface area contributed by atoms with E-state index in [0.717, 1.165) is 5.56 Å². The topological polar surface area (TPSA) is 97.3 Å². The van der Waals surface area contributed by atoms with Crippen LogP contribution in [0.25, 0.3) is 0 Å². The molecule has 25 heavy (non-hydrogen) atoms. The zero-order chi connectivity index (χ0) is 18.3. The second kappa shape index (κ2) is 10.6. The normalized spacial score (nSPS) is 11.3. The molecule has 2 N–H and O–H groups in total. The molecule has 0 bridgehead atoms. The molecule has 0 heterocycles. The lowest BCUT2D eigenvalue weighted by molar-refractivity contribution is -0.142. The first kappa shape index (κ1) is 22.8. The number of halogens is 1. The van der Waals surface area contributed by atoms with E-state index in [2.05, 4.69) is 5.32 Å². The Labute approximate surface area is 153 Å². The summed E-state index contributed by atoms with van der Waals surface area (Å²) < 4.78 is 15.8. The number of aliphatic carboxylic acids is 1. The molecule has 0 saturated heterocycles. The van der Waals surface area contributed by atoms with Gasteiger partial charge in [-0.2, -0.15) is 0 Å². The van der Waals surface area contributed by atoms with Gasteiger partial charge in [0, 0.05) is 6.54 Å². The molecule has 1 aromatic rings. The molecular formula is C16H25ClN2O6. The maximum atomic E-state index is 12.0. The number of ether oxygens (including phenoxy) is 3. The highest BCUT2D eigenvalue weighted by Gasteiger charge is 2.19. The maximum Gasteiger partial charge on any atom is 0.320 e. The van der Waals surface area contributed by atoms with Gasteiger partial charge in [-0.15, -0.1) is 12.4 Å². The second-order valence-electron chi connectivity index (χ2n) is 5.24. The Balaban J connectivity index is 0.00000576. The van der Waals surface area contributed by atoms with Crippen molar-refractivity contribution in [3.8, 4) is 17.2 Å². The molecule has 9 heteroatoms. The number of amides is 1. The lowest BCUT2D eigenvalue weighted by Crippen LogP contribution is -2.42. The highest BCUT2D eigenvalue weighted by Crippen LogP contribution is 2.38. The first-order chi connectivity index (χ1) is 11.3. The van der Waals surface area contributed by atoms with Crippen LogP contribution in [-0.4, -0.2) is 62.8 Å². The fraction of sp³-hybridized carbons (Fsp3) is 0.500. The summed E-state index contributed by atoms with van der Waals surface area (Å²) in [6.45, 7) is 1.76. The molecule has 0 saturated carbocycles. The van der Waals surface area contributed by atoms with Crippen LogP contribution in [0.1, 0.15) is 12.5 Å². The summed E-state index contributed by atoms with van der Waals surface area (Å²) in [5.74, 6) is 0.217. The van der Waals surface area contributed by atoms with Crippen LogP contribution in [-0.2, 0) is 16.1 Å². The molecule has 0 aromatic heterocycles. The highest BCUT2D eigenvalue weighted by molar-refractivity contribution is 5.85. The van der Waals surface area contributed by atoms with Crippen LogP contribution in [0.5, 0.6) is 17.2 Å². The number of carboxylic acids is 1. The van der Waals surface area contributed by atoms with Gasteiger partial charge in [0.05, 0.1) is 27.9 Å². The quantitative estimate of drug-likeness (QED) is 0.667. The predicted molar refractivity (Wildman–Crippen MR) is 94.9 cm³/mol. The molecule has 0 aliphatic carbocycles. The van der Waals surface area contributed by atoms with Crippen LogP contribution < -0.4 is 19.5 Å². The van der Waals surface area contributed by atoms with E-state index < -0.39 is 12.0 Å². The zero-order valence-electron chi connectivity index (χ0n) is 15.0. The van der Waals surface area contributed by atoms with Crippen molar-refractivity contribution in [1.29, 1.82) is 0 Å². The molecule has 0 aliphatic rings. The van der Waals surface area contributed by atoms with Crippen molar-refractivity contribution in [3.05, 3.63) is 17.7 Å². The number of methoxy groups -OCH3 is 3. The largest absolute Gasteiger partial charge is 0.493 e. The summed E-state index contributed by atoms with van der Waals surface area (Å²) in [6, 6.07) is 2.74. The van der Waals surface area contributed by atoms with Crippen molar-refractivity contribution in [1.82, 2.24) is 10.2 Å². The van der Waals surface area contributed by atoms with Gasteiger partial charge in [0.2, 0.25) is 11.7 Å². The minimum Gasteiger partial charge on any atom is -0.493 e. The molecule has 0 fully saturated rings.